The van der Waals surface area contributed by atoms with Gasteiger partial charge in [-0.25, -0.2) is 5.48 Å². The number of likely N-dealkylation sites (N-methyl/N-ethyl adjacent to an activating group) is 1. The molecular formula is C20H33N3O4. The molecule has 0 radical (unpaired) electrons. The predicted molar refractivity (Wildman–Crippen MR) is 104 cm³/mol. The van der Waals surface area contributed by atoms with Crippen molar-refractivity contribution in [1.29, 1.82) is 0 Å². The van der Waals surface area contributed by atoms with E-state index in [1.165, 1.54) is 0 Å². The first-order valence-corrected chi connectivity index (χ1v) is 9.37. The Morgan fingerprint density at radius 2 is 1.78 bits per heavy atom. The highest BCUT2D eigenvalue weighted by Gasteiger charge is 2.20. The molecule has 0 aliphatic rings. The Balaban J connectivity index is 2.53. The van der Waals surface area contributed by atoms with Crippen LogP contribution >= 0.6 is 0 Å². The van der Waals surface area contributed by atoms with Gasteiger partial charge >= 0.3 is 5.97 Å². The van der Waals surface area contributed by atoms with Gasteiger partial charge in [-0.1, -0.05) is 38.1 Å². The zero-order chi connectivity index (χ0) is 20.2. The van der Waals surface area contributed by atoms with Gasteiger partial charge in [-0.3, -0.25) is 14.8 Å². The maximum Gasteiger partial charge on any atom is 0.323 e. The fourth-order valence-electron chi connectivity index (χ4n) is 2.54. The quantitative estimate of drug-likeness (QED) is 0.291. The smallest absolute Gasteiger partial charge is 0.323 e. The van der Waals surface area contributed by atoms with E-state index >= 15 is 0 Å². The molecule has 0 bridgehead atoms. The van der Waals surface area contributed by atoms with Crippen molar-refractivity contribution in [3.8, 4) is 0 Å². The van der Waals surface area contributed by atoms with E-state index < -0.39 is 5.91 Å². The van der Waals surface area contributed by atoms with E-state index in [2.05, 4.69) is 19.2 Å². The second kappa shape index (κ2) is 12.4. The van der Waals surface area contributed by atoms with Crippen LogP contribution in [0.15, 0.2) is 24.3 Å². The van der Waals surface area contributed by atoms with Gasteiger partial charge < -0.3 is 15.0 Å². The second-order valence-electron chi connectivity index (χ2n) is 7.39. The average molecular weight is 380 g/mol. The minimum Gasteiger partial charge on any atom is -0.463 e. The van der Waals surface area contributed by atoms with E-state index in [1.807, 2.05) is 43.3 Å². The molecule has 0 saturated heterocycles. The number of ether oxygens (including phenoxy) is 1. The number of carbonyl (C=O) groups excluding carboxylic acids is 2. The molecule has 27 heavy (non-hydrogen) atoms. The summed E-state index contributed by atoms with van der Waals surface area (Å²) in [6.45, 7) is 5.82. The summed E-state index contributed by atoms with van der Waals surface area (Å²) in [6, 6.07) is 7.52. The van der Waals surface area contributed by atoms with Gasteiger partial charge in [0.1, 0.15) is 12.6 Å². The first-order valence-electron chi connectivity index (χ1n) is 9.37. The number of carbonyl (C=O) groups is 2. The molecule has 1 aromatic rings. The van der Waals surface area contributed by atoms with E-state index in [4.69, 9.17) is 9.94 Å². The van der Waals surface area contributed by atoms with Crippen LogP contribution < -0.4 is 10.8 Å². The lowest BCUT2D eigenvalue weighted by molar-refractivity contribution is -0.147. The van der Waals surface area contributed by atoms with Gasteiger partial charge in [0, 0.05) is 19.5 Å². The largest absolute Gasteiger partial charge is 0.463 e. The van der Waals surface area contributed by atoms with Crippen LogP contribution in [-0.2, 0) is 27.3 Å². The third-order valence-corrected chi connectivity index (χ3v) is 4.12. The first-order chi connectivity index (χ1) is 12.8. The van der Waals surface area contributed by atoms with Crippen LogP contribution in [0.25, 0.3) is 0 Å². The van der Waals surface area contributed by atoms with Gasteiger partial charge in [0.2, 0.25) is 5.91 Å². The summed E-state index contributed by atoms with van der Waals surface area (Å²) >= 11 is 0. The van der Waals surface area contributed by atoms with E-state index in [0.29, 0.717) is 32.0 Å². The van der Waals surface area contributed by atoms with Gasteiger partial charge in [-0.05, 0) is 44.0 Å². The van der Waals surface area contributed by atoms with Gasteiger partial charge in [-0.15, -0.1) is 0 Å². The number of hydrogen-bond donors (Lipinski definition) is 3. The van der Waals surface area contributed by atoms with Crippen LogP contribution in [-0.4, -0.2) is 55.3 Å². The molecule has 7 heteroatoms. The number of aryl methyl sites for hydroxylation is 1. The van der Waals surface area contributed by atoms with Crippen LogP contribution in [0.2, 0.25) is 0 Å². The molecule has 1 amide bonds. The molecule has 1 atom stereocenters. The van der Waals surface area contributed by atoms with Crippen molar-refractivity contribution < 1.29 is 19.5 Å². The minimum absolute atomic E-state index is 0.211. The van der Waals surface area contributed by atoms with E-state index in [-0.39, 0.29) is 18.4 Å². The molecule has 0 fully saturated rings. The van der Waals surface area contributed by atoms with Crippen LogP contribution in [0.3, 0.4) is 0 Å². The summed E-state index contributed by atoms with van der Waals surface area (Å²) in [5.41, 5.74) is 3.70. The predicted octanol–water partition coefficient (Wildman–Crippen LogP) is 1.73. The van der Waals surface area contributed by atoms with Crippen molar-refractivity contribution in [2.75, 3.05) is 27.2 Å². The number of rotatable bonds is 12. The number of amides is 1. The molecule has 0 heterocycles. The highest BCUT2D eigenvalue weighted by Crippen LogP contribution is 2.10. The lowest BCUT2D eigenvalue weighted by Crippen LogP contribution is -2.39. The summed E-state index contributed by atoms with van der Waals surface area (Å²) in [5, 5.41) is 11.8. The first kappa shape index (κ1) is 23.1. The van der Waals surface area contributed by atoms with Gasteiger partial charge in [0.25, 0.3) is 0 Å². The lowest BCUT2D eigenvalue weighted by atomic mass is 10.0. The van der Waals surface area contributed by atoms with E-state index in [0.717, 1.165) is 17.5 Å². The Bertz CT molecular complexity index is 573. The standard InChI is InChI=1S/C20H33N3O4/c1-15(2)13-18(20(25)27-12-11-23(3)4)21-14-17-7-5-16(6-8-17)9-10-19(24)22-26/h5-8,15,18,21,26H,9-14H2,1-4H3,(H,22,24)/t18-/m1/s1. The molecular weight excluding hydrogens is 346 g/mol. The fourth-order valence-corrected chi connectivity index (χ4v) is 2.54. The molecule has 0 aliphatic carbocycles. The molecule has 0 unspecified atom stereocenters. The SMILES string of the molecule is CC(C)C[C@@H](NCc1ccc(CCC(=O)NO)cc1)C(=O)OCCN(C)C. The van der Waals surface area contributed by atoms with Crippen molar-refractivity contribution in [2.45, 2.75) is 45.7 Å². The summed E-state index contributed by atoms with van der Waals surface area (Å²) in [6.07, 6.45) is 1.52. The number of nitrogens with one attached hydrogen (secondary N) is 2. The molecule has 152 valence electrons. The summed E-state index contributed by atoms with van der Waals surface area (Å²) < 4.78 is 5.39. The van der Waals surface area contributed by atoms with Crippen LogP contribution in [0, 0.1) is 5.92 Å². The van der Waals surface area contributed by atoms with Crippen molar-refractivity contribution in [1.82, 2.24) is 15.7 Å². The Morgan fingerprint density at radius 3 is 2.33 bits per heavy atom. The number of hydrogen-bond acceptors (Lipinski definition) is 6. The summed E-state index contributed by atoms with van der Waals surface area (Å²) in [4.78, 5) is 25.4. The maximum atomic E-state index is 12.4. The van der Waals surface area contributed by atoms with Crippen LogP contribution in [0.5, 0.6) is 0 Å². The Labute approximate surface area is 162 Å². The van der Waals surface area contributed by atoms with E-state index in [9.17, 15) is 9.59 Å². The fraction of sp³-hybridized carbons (Fsp3) is 0.600. The molecule has 1 aromatic carbocycles. The van der Waals surface area contributed by atoms with Crippen LogP contribution in [0.1, 0.15) is 37.8 Å². The second-order valence-corrected chi connectivity index (χ2v) is 7.39. The van der Waals surface area contributed by atoms with Crippen LogP contribution in [0.4, 0.5) is 0 Å². The summed E-state index contributed by atoms with van der Waals surface area (Å²) in [7, 11) is 3.88. The number of nitrogens with zero attached hydrogens (tertiary/aromatic N) is 1. The zero-order valence-corrected chi connectivity index (χ0v) is 16.8. The van der Waals surface area contributed by atoms with Crippen molar-refractivity contribution in [2.24, 2.45) is 5.92 Å². The molecule has 0 aromatic heterocycles. The van der Waals surface area contributed by atoms with Gasteiger partial charge in [0.05, 0.1) is 0 Å². The molecule has 1 rings (SSSR count). The average Bonchev–Trinajstić information content (AvgIpc) is 2.63. The topological polar surface area (TPSA) is 90.9 Å². The van der Waals surface area contributed by atoms with Gasteiger partial charge in [0.15, 0.2) is 0 Å². The molecule has 7 nitrogen and oxygen atoms in total. The lowest BCUT2D eigenvalue weighted by Gasteiger charge is -2.20. The highest BCUT2D eigenvalue weighted by atomic mass is 16.5. The summed E-state index contributed by atoms with van der Waals surface area (Å²) in [5.74, 6) is -0.230. The monoisotopic (exact) mass is 379 g/mol. The third kappa shape index (κ3) is 10.1. The Morgan fingerprint density at radius 1 is 1.15 bits per heavy atom. The highest BCUT2D eigenvalue weighted by molar-refractivity contribution is 5.75. The third-order valence-electron chi connectivity index (χ3n) is 4.12. The normalized spacial score (nSPS) is 12.3. The number of esters is 1. The van der Waals surface area contributed by atoms with E-state index in [1.54, 1.807) is 5.48 Å². The van der Waals surface area contributed by atoms with Crippen molar-refractivity contribution in [3.63, 3.8) is 0 Å². The number of benzene rings is 1. The molecule has 3 N–H and O–H groups in total. The molecule has 0 saturated carbocycles. The van der Waals surface area contributed by atoms with Crippen molar-refractivity contribution in [3.05, 3.63) is 35.4 Å². The Hall–Kier alpha value is -1.96. The minimum atomic E-state index is -0.398. The number of hydroxylamine groups is 1. The Kier molecular flexibility index (Phi) is 10.6. The molecule has 0 spiro atoms. The zero-order valence-electron chi connectivity index (χ0n) is 16.8. The maximum absolute atomic E-state index is 12.4. The van der Waals surface area contributed by atoms with Crippen molar-refractivity contribution >= 4 is 11.9 Å². The van der Waals surface area contributed by atoms with Gasteiger partial charge in [-0.2, -0.15) is 0 Å². The molecule has 0 aliphatic heterocycles.